The van der Waals surface area contributed by atoms with E-state index >= 15 is 0 Å². The number of hydrogen-bond donors (Lipinski definition) is 3. The van der Waals surface area contributed by atoms with E-state index in [9.17, 15) is 43.2 Å². The van der Waals surface area contributed by atoms with E-state index in [0.717, 1.165) is 109 Å². The molecule has 0 amide bonds. The molecular formula is C63H122O17P2. The fourth-order valence-corrected chi connectivity index (χ4v) is 11.0. The lowest BCUT2D eigenvalue weighted by Crippen LogP contribution is -2.30. The second-order valence-electron chi connectivity index (χ2n) is 23.0. The number of esters is 4. The van der Waals surface area contributed by atoms with Gasteiger partial charge in [0.1, 0.15) is 19.3 Å². The number of aliphatic hydroxyl groups excluding tert-OH is 1. The van der Waals surface area contributed by atoms with Crippen molar-refractivity contribution in [3.8, 4) is 0 Å². The standard InChI is InChI=1S/C63H122O17P2/c1-6-10-13-16-19-21-23-24-25-27-34-39-44-49-63(68)80-59(53-74-61(66)47-42-37-32-29-28-31-35-40-45-56(5)9-4)55-78-82(71,72)76-51-57(64)50-75-81(69,70)77-54-58(52-73-60(65)46-41-36-30-18-15-12-8-3)79-62(67)48-43-38-33-26-22-20-17-14-11-7-2/h56-59,64H,6-55H2,1-5H3,(H,69,70)(H,71,72)/t56?,57-,58+,59+/m0/s1. The van der Waals surface area contributed by atoms with E-state index in [0.29, 0.717) is 25.7 Å². The van der Waals surface area contributed by atoms with Crippen LogP contribution in [0, 0.1) is 5.92 Å². The highest BCUT2D eigenvalue weighted by atomic mass is 31.2. The third-order valence-electron chi connectivity index (χ3n) is 14.9. The third kappa shape index (κ3) is 55.9. The molecule has 0 rings (SSSR count). The molecule has 3 unspecified atom stereocenters. The van der Waals surface area contributed by atoms with Crippen molar-refractivity contribution in [2.24, 2.45) is 5.92 Å². The van der Waals surface area contributed by atoms with E-state index in [1.807, 2.05) is 0 Å². The highest BCUT2D eigenvalue weighted by molar-refractivity contribution is 7.47. The van der Waals surface area contributed by atoms with E-state index in [-0.39, 0.29) is 25.7 Å². The summed E-state index contributed by atoms with van der Waals surface area (Å²) in [7, 11) is -9.88. The van der Waals surface area contributed by atoms with Gasteiger partial charge in [0.15, 0.2) is 12.2 Å². The summed E-state index contributed by atoms with van der Waals surface area (Å²) in [5, 5.41) is 10.5. The molecule has 3 N–H and O–H groups in total. The Morgan fingerprint density at radius 2 is 0.585 bits per heavy atom. The number of aliphatic hydroxyl groups is 1. The van der Waals surface area contributed by atoms with Crippen LogP contribution in [-0.4, -0.2) is 96.7 Å². The van der Waals surface area contributed by atoms with Crippen molar-refractivity contribution < 1.29 is 80.2 Å². The molecule has 6 atom stereocenters. The topological polar surface area (TPSA) is 237 Å². The number of phosphoric acid groups is 2. The van der Waals surface area contributed by atoms with Gasteiger partial charge in [-0.05, 0) is 31.6 Å². The Hall–Kier alpha value is -1.94. The molecule has 0 aliphatic carbocycles. The van der Waals surface area contributed by atoms with Gasteiger partial charge >= 0.3 is 39.5 Å². The summed E-state index contributed by atoms with van der Waals surface area (Å²) in [6.07, 6.45) is 40.3. The lowest BCUT2D eigenvalue weighted by atomic mass is 9.99. The minimum atomic E-state index is -4.94. The van der Waals surface area contributed by atoms with E-state index in [1.165, 1.54) is 128 Å². The molecule has 82 heavy (non-hydrogen) atoms. The number of carbonyl (C=O) groups is 4. The summed E-state index contributed by atoms with van der Waals surface area (Å²) in [4.78, 5) is 72.1. The van der Waals surface area contributed by atoms with Crippen molar-refractivity contribution in [2.75, 3.05) is 39.6 Å². The second kappa shape index (κ2) is 56.8. The molecule has 0 bridgehead atoms. The molecule has 0 spiro atoms. The monoisotopic (exact) mass is 1210 g/mol. The molecule has 0 saturated carbocycles. The van der Waals surface area contributed by atoms with Crippen LogP contribution >= 0.6 is 15.6 Å². The fraction of sp³-hybridized carbons (Fsp3) is 0.937. The van der Waals surface area contributed by atoms with Crippen LogP contribution in [0.4, 0.5) is 0 Å². The van der Waals surface area contributed by atoms with Gasteiger partial charge in [-0.15, -0.1) is 0 Å². The number of carbonyl (C=O) groups excluding carboxylic acids is 4. The number of rotatable bonds is 63. The quantitative estimate of drug-likeness (QED) is 0.0222. The van der Waals surface area contributed by atoms with Crippen molar-refractivity contribution >= 4 is 39.5 Å². The van der Waals surface area contributed by atoms with Crippen LogP contribution in [0.2, 0.25) is 0 Å². The molecule has 0 aromatic carbocycles. The molecule has 0 aliphatic rings. The van der Waals surface area contributed by atoms with Gasteiger partial charge in [0.05, 0.1) is 26.4 Å². The zero-order valence-corrected chi connectivity index (χ0v) is 54.4. The number of hydrogen-bond acceptors (Lipinski definition) is 15. The van der Waals surface area contributed by atoms with E-state index in [1.54, 1.807) is 0 Å². The largest absolute Gasteiger partial charge is 0.472 e. The zero-order valence-electron chi connectivity index (χ0n) is 52.6. The van der Waals surface area contributed by atoms with Crippen LogP contribution in [0.3, 0.4) is 0 Å². The molecule has 0 radical (unpaired) electrons. The van der Waals surface area contributed by atoms with Crippen LogP contribution in [0.25, 0.3) is 0 Å². The first-order chi connectivity index (χ1) is 39.6. The highest BCUT2D eigenvalue weighted by Gasteiger charge is 2.30. The Morgan fingerprint density at radius 3 is 0.866 bits per heavy atom. The van der Waals surface area contributed by atoms with Gasteiger partial charge in [-0.25, -0.2) is 9.13 Å². The van der Waals surface area contributed by atoms with Crippen LogP contribution in [0.1, 0.15) is 317 Å². The van der Waals surface area contributed by atoms with Gasteiger partial charge in [0.2, 0.25) is 0 Å². The normalized spacial score (nSPS) is 14.6. The van der Waals surface area contributed by atoms with Crippen molar-refractivity contribution in [1.82, 2.24) is 0 Å². The maximum atomic E-state index is 13.0. The Kier molecular flexibility index (Phi) is 55.5. The number of ether oxygens (including phenoxy) is 4. The second-order valence-corrected chi connectivity index (χ2v) is 25.9. The van der Waals surface area contributed by atoms with E-state index < -0.39 is 97.5 Å². The van der Waals surface area contributed by atoms with Gasteiger partial charge in [-0.2, -0.15) is 0 Å². The summed E-state index contributed by atoms with van der Waals surface area (Å²) in [6.45, 7) is 7.15. The highest BCUT2D eigenvalue weighted by Crippen LogP contribution is 2.45. The van der Waals surface area contributed by atoms with Gasteiger partial charge < -0.3 is 33.8 Å². The molecule has 19 heteroatoms. The van der Waals surface area contributed by atoms with Crippen LogP contribution < -0.4 is 0 Å². The van der Waals surface area contributed by atoms with Crippen molar-refractivity contribution in [1.29, 1.82) is 0 Å². The van der Waals surface area contributed by atoms with Crippen LogP contribution in [0.5, 0.6) is 0 Å². The lowest BCUT2D eigenvalue weighted by molar-refractivity contribution is -0.161. The molecule has 0 heterocycles. The third-order valence-corrected chi connectivity index (χ3v) is 16.8. The summed E-state index contributed by atoms with van der Waals surface area (Å²) in [5.41, 5.74) is 0. The van der Waals surface area contributed by atoms with Crippen LogP contribution in [0.15, 0.2) is 0 Å². The summed E-state index contributed by atoms with van der Waals surface area (Å²) in [6, 6.07) is 0. The molecule has 0 aromatic heterocycles. The van der Waals surface area contributed by atoms with Crippen molar-refractivity contribution in [3.63, 3.8) is 0 Å². The molecule has 17 nitrogen and oxygen atoms in total. The SMILES string of the molecule is CCCCCCCCCCCCCCCC(=O)O[C@H](COC(=O)CCCCCCCCCCC(C)CC)COP(=O)(O)OC[C@@H](O)COP(=O)(O)OC[C@@H](COC(=O)CCCCCCCCC)OC(=O)CCCCCCCCCCCC. The maximum absolute atomic E-state index is 13.0. The summed E-state index contributed by atoms with van der Waals surface area (Å²) < 4.78 is 67.9. The molecule has 0 saturated heterocycles. The van der Waals surface area contributed by atoms with E-state index in [2.05, 4.69) is 34.6 Å². The van der Waals surface area contributed by atoms with Crippen molar-refractivity contribution in [3.05, 3.63) is 0 Å². The first-order valence-electron chi connectivity index (χ1n) is 33.2. The van der Waals surface area contributed by atoms with E-state index in [4.69, 9.17) is 37.0 Å². The van der Waals surface area contributed by atoms with Gasteiger partial charge in [0, 0.05) is 25.7 Å². The average Bonchev–Trinajstić information content (AvgIpc) is 3.47. The first kappa shape index (κ1) is 80.1. The molecule has 0 aromatic rings. The predicted molar refractivity (Wildman–Crippen MR) is 326 cm³/mol. The Morgan fingerprint density at radius 1 is 0.341 bits per heavy atom. The smallest absolute Gasteiger partial charge is 0.462 e. The Bertz CT molecular complexity index is 1600. The van der Waals surface area contributed by atoms with Crippen molar-refractivity contribution in [2.45, 2.75) is 335 Å². The van der Waals surface area contributed by atoms with Gasteiger partial charge in [0.25, 0.3) is 0 Å². The lowest BCUT2D eigenvalue weighted by Gasteiger charge is -2.21. The fourth-order valence-electron chi connectivity index (χ4n) is 9.37. The van der Waals surface area contributed by atoms with Gasteiger partial charge in [-0.1, -0.05) is 266 Å². The molecular weight excluding hydrogens is 1090 g/mol. The number of phosphoric ester groups is 2. The Labute approximate surface area is 498 Å². The molecule has 486 valence electrons. The minimum absolute atomic E-state index is 0.106. The molecule has 0 fully saturated rings. The number of unbranched alkanes of at least 4 members (excludes halogenated alkanes) is 34. The first-order valence-corrected chi connectivity index (χ1v) is 36.2. The zero-order chi connectivity index (χ0) is 60.6. The minimum Gasteiger partial charge on any atom is -0.462 e. The predicted octanol–water partition coefficient (Wildman–Crippen LogP) is 17.4. The maximum Gasteiger partial charge on any atom is 0.472 e. The molecule has 0 aliphatic heterocycles. The summed E-state index contributed by atoms with van der Waals surface area (Å²) >= 11 is 0. The van der Waals surface area contributed by atoms with Gasteiger partial charge in [-0.3, -0.25) is 37.3 Å². The average molecular weight is 1210 g/mol. The summed E-state index contributed by atoms with van der Waals surface area (Å²) in [5.74, 6) is -1.36. The Balaban J connectivity index is 5.22. The van der Waals surface area contributed by atoms with Crippen LogP contribution in [-0.2, 0) is 65.4 Å².